The van der Waals surface area contributed by atoms with Gasteiger partial charge in [-0.2, -0.15) is 0 Å². The van der Waals surface area contributed by atoms with E-state index >= 15 is 0 Å². The van der Waals surface area contributed by atoms with Gasteiger partial charge in [0, 0.05) is 27.5 Å². The maximum Gasteiger partial charge on any atom is 0.135 e. The summed E-state index contributed by atoms with van der Waals surface area (Å²) < 4.78 is 6.27. The van der Waals surface area contributed by atoms with Crippen LogP contribution in [0.2, 0.25) is 0 Å². The molecule has 0 amide bonds. The molecule has 9 aromatic carbocycles. The number of benzene rings is 9. The van der Waals surface area contributed by atoms with Gasteiger partial charge in [0.25, 0.3) is 0 Å². The highest BCUT2D eigenvalue weighted by atomic mass is 16.3. The Morgan fingerprint density at radius 1 is 0.320 bits per heavy atom. The molecule has 0 spiro atoms. The number of hydrogen-bond acceptors (Lipinski definition) is 2. The van der Waals surface area contributed by atoms with Crippen LogP contribution in [-0.4, -0.2) is 0 Å². The van der Waals surface area contributed by atoms with E-state index in [4.69, 9.17) is 4.42 Å². The predicted octanol–water partition coefficient (Wildman–Crippen LogP) is 13.8. The Morgan fingerprint density at radius 2 is 0.840 bits per heavy atom. The number of anilines is 3. The highest BCUT2D eigenvalue weighted by Gasteiger charge is 2.21. The van der Waals surface area contributed by atoms with Crippen molar-refractivity contribution in [3.05, 3.63) is 188 Å². The lowest BCUT2D eigenvalue weighted by atomic mass is 9.85. The zero-order valence-electron chi connectivity index (χ0n) is 27.3. The topological polar surface area (TPSA) is 16.4 Å². The van der Waals surface area contributed by atoms with Crippen LogP contribution in [0.4, 0.5) is 17.1 Å². The molecule has 0 unspecified atom stereocenters. The lowest BCUT2D eigenvalue weighted by Crippen LogP contribution is -2.10. The zero-order chi connectivity index (χ0) is 33.0. The van der Waals surface area contributed by atoms with Crippen LogP contribution in [0.25, 0.3) is 76.5 Å². The van der Waals surface area contributed by atoms with Crippen molar-refractivity contribution >= 4 is 71.3 Å². The van der Waals surface area contributed by atoms with Gasteiger partial charge < -0.3 is 9.32 Å². The standard InChI is InChI=1S/C48H31NO/c1-3-15-33(16-4-1)47-41-23-10-9-21-38(41)39-28-26-35(31-43(39)48(47)34-17-5-2-6-18-34)49(44-24-13-19-32-14-7-8-20-37(32)44)36-27-29-46-42(30-36)40-22-11-12-25-45(40)50-46/h1-31H. The molecule has 1 aromatic heterocycles. The minimum absolute atomic E-state index is 0.886. The van der Waals surface area contributed by atoms with E-state index in [2.05, 4.69) is 181 Å². The second-order valence-electron chi connectivity index (χ2n) is 12.9. The first kappa shape index (κ1) is 28.4. The molecule has 0 radical (unpaired) electrons. The first-order valence-electron chi connectivity index (χ1n) is 17.1. The Balaban J connectivity index is 1.32. The number of hydrogen-bond donors (Lipinski definition) is 0. The van der Waals surface area contributed by atoms with Gasteiger partial charge in [0.05, 0.1) is 5.69 Å². The molecule has 10 rings (SSSR count). The summed E-state index contributed by atoms with van der Waals surface area (Å²) in [6, 6.07) is 67.6. The van der Waals surface area contributed by atoms with Gasteiger partial charge >= 0.3 is 0 Å². The Morgan fingerprint density at radius 3 is 1.60 bits per heavy atom. The van der Waals surface area contributed by atoms with Crippen molar-refractivity contribution in [2.24, 2.45) is 0 Å². The maximum absolute atomic E-state index is 6.27. The molecule has 10 aromatic rings. The van der Waals surface area contributed by atoms with Crippen LogP contribution in [0.1, 0.15) is 0 Å². The molecule has 2 heteroatoms. The normalized spacial score (nSPS) is 11.6. The largest absolute Gasteiger partial charge is 0.456 e. The summed E-state index contributed by atoms with van der Waals surface area (Å²) in [5, 5.41) is 9.56. The summed E-state index contributed by atoms with van der Waals surface area (Å²) in [6.07, 6.45) is 0. The number of fused-ring (bicyclic) bond motifs is 7. The summed E-state index contributed by atoms with van der Waals surface area (Å²) in [4.78, 5) is 2.41. The third-order valence-electron chi connectivity index (χ3n) is 10.0. The fourth-order valence-electron chi connectivity index (χ4n) is 7.81. The summed E-state index contributed by atoms with van der Waals surface area (Å²) in [5.41, 5.74) is 9.96. The van der Waals surface area contributed by atoms with Crippen LogP contribution in [0, 0.1) is 0 Å². The summed E-state index contributed by atoms with van der Waals surface area (Å²) in [6.45, 7) is 0. The Kier molecular flexibility index (Phi) is 6.53. The van der Waals surface area contributed by atoms with Gasteiger partial charge in [-0.3, -0.25) is 0 Å². The van der Waals surface area contributed by atoms with Crippen molar-refractivity contribution in [3.8, 4) is 22.3 Å². The second-order valence-corrected chi connectivity index (χ2v) is 12.9. The van der Waals surface area contributed by atoms with E-state index < -0.39 is 0 Å². The van der Waals surface area contributed by atoms with Crippen LogP contribution in [0.5, 0.6) is 0 Å². The average Bonchev–Trinajstić information content (AvgIpc) is 3.56. The van der Waals surface area contributed by atoms with E-state index in [9.17, 15) is 0 Å². The minimum Gasteiger partial charge on any atom is -0.456 e. The number of furan rings is 1. The van der Waals surface area contributed by atoms with E-state index in [1.165, 1.54) is 54.6 Å². The quantitative estimate of drug-likeness (QED) is 0.175. The lowest BCUT2D eigenvalue weighted by molar-refractivity contribution is 0.669. The van der Waals surface area contributed by atoms with Crippen molar-refractivity contribution in [2.75, 3.05) is 4.90 Å². The molecule has 2 nitrogen and oxygen atoms in total. The molecular weight excluding hydrogens is 607 g/mol. The minimum atomic E-state index is 0.886. The van der Waals surface area contributed by atoms with Gasteiger partial charge in [-0.25, -0.2) is 0 Å². The lowest BCUT2D eigenvalue weighted by Gasteiger charge is -2.28. The third kappa shape index (κ3) is 4.50. The van der Waals surface area contributed by atoms with Gasteiger partial charge in [-0.05, 0) is 91.6 Å². The van der Waals surface area contributed by atoms with E-state index in [0.717, 1.165) is 39.0 Å². The number of rotatable bonds is 5. The molecule has 50 heavy (non-hydrogen) atoms. The van der Waals surface area contributed by atoms with Crippen LogP contribution in [0.15, 0.2) is 192 Å². The van der Waals surface area contributed by atoms with Crippen molar-refractivity contribution in [3.63, 3.8) is 0 Å². The van der Waals surface area contributed by atoms with Gasteiger partial charge in [0.2, 0.25) is 0 Å². The Labute approximate surface area is 290 Å². The smallest absolute Gasteiger partial charge is 0.135 e. The molecule has 1 heterocycles. The molecule has 0 aliphatic heterocycles. The predicted molar refractivity (Wildman–Crippen MR) is 212 cm³/mol. The van der Waals surface area contributed by atoms with Crippen molar-refractivity contribution in [1.82, 2.24) is 0 Å². The SMILES string of the molecule is c1ccc(-c2c(-c3ccccc3)c3cc(N(c4ccc5oc6ccccc6c5c4)c4cccc5ccccc45)ccc3c3ccccc23)cc1. The molecule has 0 N–H and O–H groups in total. The van der Waals surface area contributed by atoms with E-state index in [1.54, 1.807) is 0 Å². The monoisotopic (exact) mass is 637 g/mol. The fourth-order valence-corrected chi connectivity index (χ4v) is 7.81. The number of para-hydroxylation sites is 1. The molecule has 0 aliphatic carbocycles. The molecule has 0 bridgehead atoms. The first-order valence-corrected chi connectivity index (χ1v) is 17.1. The molecular formula is C48H31NO. The van der Waals surface area contributed by atoms with Crippen molar-refractivity contribution < 1.29 is 4.42 Å². The van der Waals surface area contributed by atoms with Crippen molar-refractivity contribution in [1.29, 1.82) is 0 Å². The Bertz CT molecular complexity index is 2860. The molecule has 0 saturated carbocycles. The van der Waals surface area contributed by atoms with E-state index in [-0.39, 0.29) is 0 Å². The van der Waals surface area contributed by atoms with E-state index in [1.807, 2.05) is 12.1 Å². The molecule has 0 fully saturated rings. The second kappa shape index (κ2) is 11.5. The Hall–Kier alpha value is -6.64. The fraction of sp³-hybridized carbons (Fsp3) is 0. The van der Waals surface area contributed by atoms with Gasteiger partial charge in [-0.15, -0.1) is 0 Å². The maximum atomic E-state index is 6.27. The molecule has 0 atom stereocenters. The van der Waals surface area contributed by atoms with Gasteiger partial charge in [-0.1, -0.05) is 146 Å². The van der Waals surface area contributed by atoms with Crippen LogP contribution in [-0.2, 0) is 0 Å². The van der Waals surface area contributed by atoms with Gasteiger partial charge in [0.15, 0.2) is 0 Å². The molecule has 0 aliphatic rings. The van der Waals surface area contributed by atoms with Gasteiger partial charge in [0.1, 0.15) is 11.2 Å². The van der Waals surface area contributed by atoms with Crippen molar-refractivity contribution in [2.45, 2.75) is 0 Å². The molecule has 0 saturated heterocycles. The highest BCUT2D eigenvalue weighted by Crippen LogP contribution is 2.48. The molecule has 234 valence electrons. The zero-order valence-corrected chi connectivity index (χ0v) is 27.3. The van der Waals surface area contributed by atoms with Crippen LogP contribution < -0.4 is 4.90 Å². The number of nitrogens with zero attached hydrogens (tertiary/aromatic N) is 1. The summed E-state index contributed by atoms with van der Waals surface area (Å²) >= 11 is 0. The van der Waals surface area contributed by atoms with Crippen LogP contribution in [0.3, 0.4) is 0 Å². The first-order chi connectivity index (χ1) is 24.8. The third-order valence-corrected chi connectivity index (χ3v) is 10.0. The summed E-state index contributed by atoms with van der Waals surface area (Å²) in [7, 11) is 0. The highest BCUT2D eigenvalue weighted by molar-refractivity contribution is 6.22. The van der Waals surface area contributed by atoms with Crippen LogP contribution >= 0.6 is 0 Å². The average molecular weight is 638 g/mol. The van der Waals surface area contributed by atoms with E-state index in [0.29, 0.717) is 0 Å². The summed E-state index contributed by atoms with van der Waals surface area (Å²) in [5.74, 6) is 0.